The Morgan fingerprint density at radius 1 is 0.725 bits per heavy atom. The smallest absolute Gasteiger partial charge is 0.169 e. The number of rotatable bonds is 7. The fraction of sp³-hybridized carbons (Fsp3) is 0.125. The van der Waals surface area contributed by atoms with Crippen LogP contribution in [0.5, 0.6) is 0 Å². The van der Waals surface area contributed by atoms with Crippen LogP contribution in [0.2, 0.25) is 0 Å². The zero-order valence-corrected chi connectivity index (χ0v) is 28.8. The first kappa shape index (κ1) is 31.0. The molecular weight excluding hydrogens is 619 g/mol. The van der Waals surface area contributed by atoms with Crippen molar-refractivity contribution in [2.75, 3.05) is 0 Å². The summed E-state index contributed by atoms with van der Waals surface area (Å²) in [7, 11) is 0. The molecule has 246 valence electrons. The number of hydrogen-bond acceptors (Lipinski definition) is 3. The number of benzene rings is 5. The van der Waals surface area contributed by atoms with E-state index < -0.39 is 6.17 Å². The highest BCUT2D eigenvalue weighted by Crippen LogP contribution is 2.45. The Bertz CT molecular complexity index is 2410. The number of fused-ring (bicyclic) bond motifs is 6. The summed E-state index contributed by atoms with van der Waals surface area (Å²) in [5.74, 6) is 1.97. The van der Waals surface area contributed by atoms with Crippen LogP contribution in [0.15, 0.2) is 168 Å². The zero-order chi connectivity index (χ0) is 34.3. The van der Waals surface area contributed by atoms with Crippen molar-refractivity contribution in [3.63, 3.8) is 0 Å². The van der Waals surface area contributed by atoms with E-state index in [-0.39, 0.29) is 0 Å². The zero-order valence-electron chi connectivity index (χ0n) is 28.8. The Balaban J connectivity index is 1.18. The molecule has 0 bridgehead atoms. The summed E-state index contributed by atoms with van der Waals surface area (Å²) < 4.78 is 0. The van der Waals surface area contributed by atoms with E-state index in [1.165, 1.54) is 50.1 Å². The minimum atomic E-state index is -0.403. The first-order chi connectivity index (χ1) is 25.2. The molecule has 3 nitrogen and oxygen atoms in total. The Kier molecular flexibility index (Phi) is 7.89. The maximum absolute atomic E-state index is 5.40. The van der Waals surface area contributed by atoms with Crippen molar-refractivity contribution in [3.8, 4) is 22.3 Å². The van der Waals surface area contributed by atoms with Crippen LogP contribution in [0.1, 0.15) is 75.5 Å². The molecule has 1 aliphatic heterocycles. The third-order valence-corrected chi connectivity index (χ3v) is 10.5. The van der Waals surface area contributed by atoms with Gasteiger partial charge in [0.15, 0.2) is 6.17 Å². The van der Waals surface area contributed by atoms with Gasteiger partial charge in [-0.1, -0.05) is 146 Å². The second-order valence-corrected chi connectivity index (χ2v) is 13.7. The van der Waals surface area contributed by atoms with Crippen molar-refractivity contribution < 1.29 is 0 Å². The Hall–Kier alpha value is -6.06. The highest BCUT2D eigenvalue weighted by molar-refractivity contribution is 6.16. The van der Waals surface area contributed by atoms with E-state index in [1.54, 1.807) is 0 Å². The molecule has 4 aliphatic rings. The van der Waals surface area contributed by atoms with Crippen LogP contribution in [0, 0.1) is 0 Å². The van der Waals surface area contributed by atoms with E-state index in [4.69, 9.17) is 9.98 Å². The quantitative estimate of drug-likeness (QED) is 0.170. The van der Waals surface area contributed by atoms with E-state index in [2.05, 4.69) is 151 Å². The molecule has 0 spiro atoms. The monoisotopic (exact) mass is 657 g/mol. The number of amidine groups is 2. The molecule has 9 rings (SSSR count). The summed E-state index contributed by atoms with van der Waals surface area (Å²) in [4.78, 5) is 10.8. The predicted molar refractivity (Wildman–Crippen MR) is 213 cm³/mol. The number of allylic oxidation sites excluding steroid dienone is 9. The first-order valence-electron chi connectivity index (χ1n) is 18.0. The lowest BCUT2D eigenvalue weighted by Crippen LogP contribution is -2.36. The third kappa shape index (κ3) is 5.65. The molecule has 51 heavy (non-hydrogen) atoms. The number of nitrogens with zero attached hydrogens (tertiary/aromatic N) is 2. The van der Waals surface area contributed by atoms with Gasteiger partial charge in [-0.15, -0.1) is 0 Å². The molecule has 0 radical (unpaired) electrons. The molecule has 2 atom stereocenters. The van der Waals surface area contributed by atoms with E-state index >= 15 is 0 Å². The van der Waals surface area contributed by atoms with Gasteiger partial charge in [0.2, 0.25) is 0 Å². The molecule has 1 heterocycles. The summed E-state index contributed by atoms with van der Waals surface area (Å²) in [5, 5.41) is 3.69. The van der Waals surface area contributed by atoms with Crippen LogP contribution in [-0.4, -0.2) is 11.7 Å². The second-order valence-electron chi connectivity index (χ2n) is 13.7. The van der Waals surface area contributed by atoms with Gasteiger partial charge in [0, 0.05) is 17.0 Å². The maximum atomic E-state index is 5.40. The molecule has 3 heteroatoms. The summed E-state index contributed by atoms with van der Waals surface area (Å²) in [6, 6.07) is 37.8. The largest absolute Gasteiger partial charge is 0.324 e. The van der Waals surface area contributed by atoms with Crippen LogP contribution in [0.4, 0.5) is 0 Å². The van der Waals surface area contributed by atoms with E-state index in [0.717, 1.165) is 58.8 Å². The highest BCUT2D eigenvalue weighted by atomic mass is 15.2. The molecular formula is C48H39N3. The van der Waals surface area contributed by atoms with Crippen LogP contribution < -0.4 is 5.32 Å². The molecule has 0 amide bonds. The molecule has 1 N–H and O–H groups in total. The highest BCUT2D eigenvalue weighted by Gasteiger charge is 2.29. The van der Waals surface area contributed by atoms with Gasteiger partial charge in [-0.05, 0) is 105 Å². The van der Waals surface area contributed by atoms with Gasteiger partial charge >= 0.3 is 0 Å². The Labute approximate surface area is 300 Å². The van der Waals surface area contributed by atoms with Gasteiger partial charge in [0.25, 0.3) is 0 Å². The second kappa shape index (κ2) is 13.0. The van der Waals surface area contributed by atoms with Gasteiger partial charge in [-0.3, -0.25) is 0 Å². The van der Waals surface area contributed by atoms with E-state index in [0.29, 0.717) is 5.92 Å². The van der Waals surface area contributed by atoms with Crippen LogP contribution in [0.25, 0.3) is 27.8 Å². The van der Waals surface area contributed by atoms with Crippen LogP contribution >= 0.6 is 0 Å². The molecule has 0 saturated carbocycles. The summed E-state index contributed by atoms with van der Waals surface area (Å²) in [6.45, 7) is 5.99. The standard InChI is InChI=1S/C48H39N3/c1-3-13-31(14-4-2)33-19-12-20-36(25-33)46-49-47(37-23-24-42-38(28-37)26-34-17-8-10-21-41(34)42)51-48(50-46)40-29-39-27-35-18-9-11-22-43(35)45(39)44(30-40)32-15-6-5-7-16-32/h3-15,17-25,28-30,32,48H,1,16,26-27H2,2H3,(H,49,50,51)/b14-4-,31-13+. The van der Waals surface area contributed by atoms with Gasteiger partial charge in [-0.25, -0.2) is 9.98 Å². The number of aliphatic imine (C=N–C) groups is 2. The number of hydrogen-bond donors (Lipinski definition) is 1. The lowest BCUT2D eigenvalue weighted by Gasteiger charge is -2.25. The lowest BCUT2D eigenvalue weighted by molar-refractivity contribution is 0.748. The molecule has 2 unspecified atom stereocenters. The van der Waals surface area contributed by atoms with E-state index in [9.17, 15) is 0 Å². The molecule has 5 aromatic carbocycles. The Morgan fingerprint density at radius 2 is 1.47 bits per heavy atom. The average Bonchev–Trinajstić information content (AvgIpc) is 3.75. The molecule has 0 aromatic heterocycles. The molecule has 3 aliphatic carbocycles. The lowest BCUT2D eigenvalue weighted by atomic mass is 9.84. The van der Waals surface area contributed by atoms with Crippen molar-refractivity contribution in [3.05, 3.63) is 208 Å². The number of nitrogens with one attached hydrogen (secondary N) is 1. The van der Waals surface area contributed by atoms with Gasteiger partial charge in [-0.2, -0.15) is 0 Å². The summed E-state index contributed by atoms with van der Waals surface area (Å²) >= 11 is 0. The van der Waals surface area contributed by atoms with Crippen molar-refractivity contribution in [1.29, 1.82) is 0 Å². The fourth-order valence-electron chi connectivity index (χ4n) is 8.18. The van der Waals surface area contributed by atoms with Gasteiger partial charge in [0.1, 0.15) is 11.7 Å². The normalized spacial score (nSPS) is 18.4. The van der Waals surface area contributed by atoms with Crippen molar-refractivity contribution in [2.45, 2.75) is 38.3 Å². The van der Waals surface area contributed by atoms with Crippen molar-refractivity contribution >= 4 is 17.2 Å². The van der Waals surface area contributed by atoms with Gasteiger partial charge < -0.3 is 5.32 Å². The summed E-state index contributed by atoms with van der Waals surface area (Å²) in [5.41, 5.74) is 17.7. The third-order valence-electron chi connectivity index (χ3n) is 10.5. The Morgan fingerprint density at radius 3 is 2.25 bits per heavy atom. The van der Waals surface area contributed by atoms with E-state index in [1.807, 2.05) is 19.1 Å². The van der Waals surface area contributed by atoms with Crippen molar-refractivity contribution in [1.82, 2.24) is 5.32 Å². The molecule has 0 fully saturated rings. The van der Waals surface area contributed by atoms with Crippen LogP contribution in [-0.2, 0) is 12.8 Å². The fourth-order valence-corrected chi connectivity index (χ4v) is 8.18. The molecule has 5 aromatic rings. The minimum Gasteiger partial charge on any atom is -0.324 e. The van der Waals surface area contributed by atoms with Crippen LogP contribution in [0.3, 0.4) is 0 Å². The van der Waals surface area contributed by atoms with Gasteiger partial charge in [0.05, 0.1) is 0 Å². The average molecular weight is 658 g/mol. The summed E-state index contributed by atoms with van der Waals surface area (Å²) in [6.07, 6.45) is 19.5. The topological polar surface area (TPSA) is 36.8 Å². The maximum Gasteiger partial charge on any atom is 0.169 e. The van der Waals surface area contributed by atoms with Crippen molar-refractivity contribution in [2.24, 2.45) is 9.98 Å². The predicted octanol–water partition coefficient (Wildman–Crippen LogP) is 11.1. The molecule has 0 saturated heterocycles. The first-order valence-corrected chi connectivity index (χ1v) is 18.0. The minimum absolute atomic E-state index is 0.306. The SMILES string of the molecule is C=C/C=C(\C=C/C)c1cccc(C2=NC(c3cc4c(c(C5C=CC=CC5)c3)-c3ccccc3C4)N=C(c3ccc4c(c3)Cc3ccccc3-4)N2)c1.